The van der Waals surface area contributed by atoms with E-state index in [1.807, 2.05) is 0 Å². The van der Waals surface area contributed by atoms with Gasteiger partial charge in [-0.25, -0.2) is 0 Å². The van der Waals surface area contributed by atoms with Crippen molar-refractivity contribution in [1.82, 2.24) is 10.2 Å². The maximum Gasteiger partial charge on any atom is 0.270 e. The Bertz CT molecular complexity index is 859. The molecule has 0 atom stereocenters. The van der Waals surface area contributed by atoms with Crippen molar-refractivity contribution in [3.63, 3.8) is 0 Å². The average Bonchev–Trinajstić information content (AvgIpc) is 2.69. The second-order valence-electron chi connectivity index (χ2n) is 5.99. The Morgan fingerprint density at radius 3 is 2.41 bits per heavy atom. The van der Waals surface area contributed by atoms with Gasteiger partial charge >= 0.3 is 0 Å². The van der Waals surface area contributed by atoms with Gasteiger partial charge in [-0.3, -0.25) is 9.59 Å². The van der Waals surface area contributed by atoms with Crippen molar-refractivity contribution < 1.29 is 19.4 Å². The lowest BCUT2D eigenvalue weighted by molar-refractivity contribution is -0.131. The number of ether oxygens (including phenoxy) is 1. The highest BCUT2D eigenvalue weighted by Crippen LogP contribution is 2.17. The van der Waals surface area contributed by atoms with Crippen LogP contribution in [0, 0.1) is 0 Å². The summed E-state index contributed by atoms with van der Waals surface area (Å²) in [5, 5.41) is 12.4. The van der Waals surface area contributed by atoms with Crippen LogP contribution in [0.5, 0.6) is 5.75 Å². The molecule has 6 nitrogen and oxygen atoms in total. The summed E-state index contributed by atoms with van der Waals surface area (Å²) < 4.78 is 5.28. The molecule has 0 aromatic heterocycles. The van der Waals surface area contributed by atoms with Gasteiger partial charge in [0.25, 0.3) is 11.8 Å². The van der Waals surface area contributed by atoms with Crippen LogP contribution in [0.2, 0.25) is 5.02 Å². The minimum atomic E-state index is -0.466. The Balaban J connectivity index is 1.89. The quantitative estimate of drug-likeness (QED) is 0.792. The Morgan fingerprint density at radius 2 is 1.74 bits per heavy atom. The fourth-order valence-electron chi connectivity index (χ4n) is 2.66. The van der Waals surface area contributed by atoms with E-state index in [4.69, 9.17) is 16.3 Å². The van der Waals surface area contributed by atoms with E-state index in [9.17, 15) is 14.7 Å². The van der Waals surface area contributed by atoms with Gasteiger partial charge in [-0.2, -0.15) is 0 Å². The monoisotopic (exact) mass is 386 g/mol. The van der Waals surface area contributed by atoms with Crippen LogP contribution >= 0.6 is 11.6 Å². The van der Waals surface area contributed by atoms with Crippen LogP contribution in [0.1, 0.15) is 15.9 Å². The van der Waals surface area contributed by atoms with Crippen molar-refractivity contribution in [3.8, 4) is 5.75 Å². The highest BCUT2D eigenvalue weighted by atomic mass is 35.5. The number of hydrogen-bond acceptors (Lipinski definition) is 4. The summed E-state index contributed by atoms with van der Waals surface area (Å²) >= 11 is 6.09. The van der Waals surface area contributed by atoms with E-state index in [2.05, 4.69) is 5.32 Å². The molecule has 2 aromatic carbocycles. The summed E-state index contributed by atoms with van der Waals surface area (Å²) in [6, 6.07) is 13.0. The third kappa shape index (κ3) is 4.87. The smallest absolute Gasteiger partial charge is 0.270 e. The number of phenols is 1. The molecule has 2 aromatic rings. The molecule has 1 fully saturated rings. The second-order valence-corrected chi connectivity index (χ2v) is 6.40. The molecule has 3 rings (SSSR count). The summed E-state index contributed by atoms with van der Waals surface area (Å²) in [6.45, 7) is 1.81. The Morgan fingerprint density at radius 1 is 1.07 bits per heavy atom. The van der Waals surface area contributed by atoms with Crippen LogP contribution in [-0.4, -0.2) is 48.1 Å². The first-order valence-corrected chi connectivity index (χ1v) is 8.86. The molecule has 7 heteroatoms. The van der Waals surface area contributed by atoms with Crippen LogP contribution in [0.3, 0.4) is 0 Å². The van der Waals surface area contributed by atoms with Crippen LogP contribution in [0.25, 0.3) is 6.08 Å². The molecular formula is C20H19ClN2O4. The lowest BCUT2D eigenvalue weighted by atomic mass is 10.1. The number of halogens is 1. The van der Waals surface area contributed by atoms with E-state index < -0.39 is 5.91 Å². The largest absolute Gasteiger partial charge is 0.508 e. The molecule has 0 aliphatic carbocycles. The number of carbonyl (C=O) groups excluding carboxylic acids is 2. The van der Waals surface area contributed by atoms with Gasteiger partial charge in [0.1, 0.15) is 11.4 Å². The molecule has 0 saturated carbocycles. The molecule has 2 N–H and O–H groups in total. The number of nitrogens with one attached hydrogen (secondary N) is 1. The molecule has 140 valence electrons. The third-order valence-corrected chi connectivity index (χ3v) is 4.43. The average molecular weight is 387 g/mol. The van der Waals surface area contributed by atoms with Gasteiger partial charge in [0.05, 0.1) is 23.8 Å². The van der Waals surface area contributed by atoms with Gasteiger partial charge in [0.2, 0.25) is 0 Å². The SMILES string of the molecule is O=C(N/C(=C\c1ccc(O)cc1)C(=O)N1CCOCC1)c1ccccc1Cl. The molecule has 0 bridgehead atoms. The standard InChI is InChI=1S/C20H19ClN2O4/c21-17-4-2-1-3-16(17)19(25)22-18(13-14-5-7-15(24)8-6-14)20(26)23-9-11-27-12-10-23/h1-8,13,24H,9-12H2,(H,22,25)/b18-13-. The maximum absolute atomic E-state index is 12.9. The number of morpholine rings is 1. The van der Waals surface area contributed by atoms with E-state index in [0.717, 1.165) is 0 Å². The zero-order chi connectivity index (χ0) is 19.2. The molecule has 27 heavy (non-hydrogen) atoms. The van der Waals surface area contributed by atoms with E-state index >= 15 is 0 Å². The number of rotatable bonds is 4. The zero-order valence-corrected chi connectivity index (χ0v) is 15.3. The third-order valence-electron chi connectivity index (χ3n) is 4.10. The van der Waals surface area contributed by atoms with Crippen molar-refractivity contribution in [2.75, 3.05) is 26.3 Å². The number of aromatic hydroxyl groups is 1. The van der Waals surface area contributed by atoms with E-state index in [1.54, 1.807) is 47.4 Å². The summed E-state index contributed by atoms with van der Waals surface area (Å²) in [4.78, 5) is 27.2. The molecule has 1 saturated heterocycles. The molecule has 0 unspecified atom stereocenters. The highest BCUT2D eigenvalue weighted by molar-refractivity contribution is 6.34. The van der Waals surface area contributed by atoms with Gasteiger partial charge < -0.3 is 20.1 Å². The Labute approximate surface area is 162 Å². The molecule has 0 radical (unpaired) electrons. The maximum atomic E-state index is 12.9. The molecule has 1 heterocycles. The normalized spacial score (nSPS) is 14.7. The van der Waals surface area contributed by atoms with Crippen molar-refractivity contribution >= 4 is 29.5 Å². The van der Waals surface area contributed by atoms with Crippen molar-refractivity contribution in [1.29, 1.82) is 0 Å². The predicted molar refractivity (Wildman–Crippen MR) is 102 cm³/mol. The lowest BCUT2D eigenvalue weighted by Gasteiger charge is -2.28. The first-order chi connectivity index (χ1) is 13.0. The minimum Gasteiger partial charge on any atom is -0.508 e. The van der Waals surface area contributed by atoms with Gasteiger partial charge in [0.15, 0.2) is 0 Å². The highest BCUT2D eigenvalue weighted by Gasteiger charge is 2.23. The van der Waals surface area contributed by atoms with Crippen LogP contribution in [0.4, 0.5) is 0 Å². The second kappa shape index (κ2) is 8.70. The van der Waals surface area contributed by atoms with Gasteiger partial charge in [-0.15, -0.1) is 0 Å². The molecule has 0 spiro atoms. The van der Waals surface area contributed by atoms with Crippen LogP contribution in [-0.2, 0) is 9.53 Å². The van der Waals surface area contributed by atoms with E-state index in [0.29, 0.717) is 36.9 Å². The number of benzene rings is 2. The van der Waals surface area contributed by atoms with E-state index in [-0.39, 0.29) is 22.9 Å². The predicted octanol–water partition coefficient (Wildman–Crippen LogP) is 2.68. The topological polar surface area (TPSA) is 78.9 Å². The fraction of sp³-hybridized carbons (Fsp3) is 0.200. The van der Waals surface area contributed by atoms with Crippen molar-refractivity contribution in [2.24, 2.45) is 0 Å². The summed E-state index contributed by atoms with van der Waals surface area (Å²) in [5.41, 5.74) is 1.09. The molecule has 1 aliphatic heterocycles. The summed E-state index contributed by atoms with van der Waals surface area (Å²) in [6.07, 6.45) is 1.58. The Kier molecular flexibility index (Phi) is 6.11. The minimum absolute atomic E-state index is 0.119. The number of hydrogen-bond donors (Lipinski definition) is 2. The molecule has 2 amide bonds. The van der Waals surface area contributed by atoms with Crippen LogP contribution < -0.4 is 5.32 Å². The first-order valence-electron chi connectivity index (χ1n) is 8.48. The number of amides is 2. The first kappa shape index (κ1) is 18.9. The number of carbonyl (C=O) groups is 2. The zero-order valence-electron chi connectivity index (χ0n) is 14.5. The van der Waals surface area contributed by atoms with Crippen LogP contribution in [0.15, 0.2) is 54.2 Å². The van der Waals surface area contributed by atoms with Crippen molar-refractivity contribution in [3.05, 3.63) is 70.4 Å². The Hall–Kier alpha value is -2.83. The lowest BCUT2D eigenvalue weighted by Crippen LogP contribution is -2.44. The molecule has 1 aliphatic rings. The van der Waals surface area contributed by atoms with Gasteiger partial charge in [-0.1, -0.05) is 35.9 Å². The number of nitrogens with zero attached hydrogens (tertiary/aromatic N) is 1. The van der Waals surface area contributed by atoms with Gasteiger partial charge in [-0.05, 0) is 35.9 Å². The summed E-state index contributed by atoms with van der Waals surface area (Å²) in [7, 11) is 0. The van der Waals surface area contributed by atoms with Gasteiger partial charge in [0, 0.05) is 13.1 Å². The molecular weight excluding hydrogens is 368 g/mol. The fourth-order valence-corrected chi connectivity index (χ4v) is 2.88. The number of phenolic OH excluding ortho intramolecular Hbond substituents is 1. The summed E-state index contributed by atoms with van der Waals surface area (Å²) in [5.74, 6) is -0.646. The van der Waals surface area contributed by atoms with Crippen molar-refractivity contribution in [2.45, 2.75) is 0 Å². The van der Waals surface area contributed by atoms with E-state index in [1.165, 1.54) is 12.1 Å².